The topological polar surface area (TPSA) is 12.0 Å². The maximum atomic E-state index is 3.47. The minimum absolute atomic E-state index is 0. The third kappa shape index (κ3) is 4.90. The molecule has 0 atom stereocenters. The van der Waals surface area contributed by atoms with Gasteiger partial charge < -0.3 is 5.32 Å². The SMILES string of the molecule is Cc1ccc(CNCCc2ccccc2)s1.Cl. The lowest BCUT2D eigenvalue weighted by atomic mass is 10.1. The summed E-state index contributed by atoms with van der Waals surface area (Å²) in [5, 5.41) is 3.47. The normalized spacial score (nSPS) is 9.94. The van der Waals surface area contributed by atoms with E-state index in [0.29, 0.717) is 0 Å². The predicted octanol–water partition coefficient (Wildman–Crippen LogP) is 3.81. The third-order valence-electron chi connectivity index (χ3n) is 2.53. The quantitative estimate of drug-likeness (QED) is 0.813. The molecule has 0 aliphatic carbocycles. The van der Waals surface area contributed by atoms with E-state index in [0.717, 1.165) is 19.5 Å². The molecule has 17 heavy (non-hydrogen) atoms. The Balaban J connectivity index is 0.00000144. The molecule has 1 nitrogen and oxygen atoms in total. The highest BCUT2D eigenvalue weighted by Gasteiger charge is 1.96. The molecule has 92 valence electrons. The van der Waals surface area contributed by atoms with Gasteiger partial charge in [0.2, 0.25) is 0 Å². The lowest BCUT2D eigenvalue weighted by Gasteiger charge is -2.03. The van der Waals surface area contributed by atoms with E-state index in [9.17, 15) is 0 Å². The smallest absolute Gasteiger partial charge is 0.0299 e. The molecule has 3 heteroatoms. The second kappa shape index (κ2) is 7.49. The first-order chi connectivity index (χ1) is 7.84. The first kappa shape index (κ1) is 14.2. The number of halogens is 1. The second-order valence-electron chi connectivity index (χ2n) is 3.92. The van der Waals surface area contributed by atoms with Crippen molar-refractivity contribution in [2.75, 3.05) is 6.54 Å². The summed E-state index contributed by atoms with van der Waals surface area (Å²) >= 11 is 1.87. The van der Waals surface area contributed by atoms with Crippen LogP contribution in [0.3, 0.4) is 0 Å². The largest absolute Gasteiger partial charge is 0.312 e. The molecule has 2 rings (SSSR count). The van der Waals surface area contributed by atoms with Crippen molar-refractivity contribution >= 4 is 23.7 Å². The molecule has 0 bridgehead atoms. The Labute approximate surface area is 113 Å². The molecule has 0 fully saturated rings. The van der Waals surface area contributed by atoms with E-state index in [-0.39, 0.29) is 12.4 Å². The van der Waals surface area contributed by atoms with Crippen molar-refractivity contribution in [1.82, 2.24) is 5.32 Å². The van der Waals surface area contributed by atoms with E-state index in [1.165, 1.54) is 15.3 Å². The van der Waals surface area contributed by atoms with E-state index < -0.39 is 0 Å². The van der Waals surface area contributed by atoms with E-state index in [2.05, 4.69) is 54.7 Å². The number of aryl methyl sites for hydroxylation is 1. The Morgan fingerprint density at radius 1 is 1.06 bits per heavy atom. The Hall–Kier alpha value is -0.830. The molecule has 0 saturated heterocycles. The van der Waals surface area contributed by atoms with Crippen LogP contribution >= 0.6 is 23.7 Å². The van der Waals surface area contributed by atoms with Gasteiger partial charge in [-0.2, -0.15) is 0 Å². The minimum Gasteiger partial charge on any atom is -0.312 e. The van der Waals surface area contributed by atoms with Crippen LogP contribution in [0.25, 0.3) is 0 Å². The summed E-state index contributed by atoms with van der Waals surface area (Å²) in [6.45, 7) is 4.18. The van der Waals surface area contributed by atoms with Gasteiger partial charge in [0.1, 0.15) is 0 Å². The van der Waals surface area contributed by atoms with Gasteiger partial charge in [0.15, 0.2) is 0 Å². The van der Waals surface area contributed by atoms with Crippen LogP contribution in [-0.2, 0) is 13.0 Å². The monoisotopic (exact) mass is 267 g/mol. The molecule has 2 aromatic rings. The molecule has 0 aliphatic heterocycles. The Morgan fingerprint density at radius 3 is 2.47 bits per heavy atom. The van der Waals surface area contributed by atoms with Gasteiger partial charge >= 0.3 is 0 Å². The van der Waals surface area contributed by atoms with Crippen LogP contribution in [-0.4, -0.2) is 6.54 Å². The highest BCUT2D eigenvalue weighted by molar-refractivity contribution is 7.11. The molecule has 1 aromatic carbocycles. The highest BCUT2D eigenvalue weighted by atomic mass is 35.5. The average molecular weight is 268 g/mol. The zero-order valence-corrected chi connectivity index (χ0v) is 11.6. The standard InChI is InChI=1S/C14H17NS.ClH/c1-12-7-8-14(16-12)11-15-10-9-13-5-3-2-4-6-13;/h2-8,15H,9-11H2,1H3;1H. The molecule has 1 N–H and O–H groups in total. The Kier molecular flexibility index (Phi) is 6.27. The van der Waals surface area contributed by atoms with Crippen LogP contribution in [0.5, 0.6) is 0 Å². The van der Waals surface area contributed by atoms with Crippen molar-refractivity contribution in [2.45, 2.75) is 19.9 Å². The summed E-state index contributed by atoms with van der Waals surface area (Å²) in [5.41, 5.74) is 1.40. The minimum atomic E-state index is 0. The number of hydrogen-bond acceptors (Lipinski definition) is 2. The number of thiophene rings is 1. The second-order valence-corrected chi connectivity index (χ2v) is 5.30. The van der Waals surface area contributed by atoms with Crippen molar-refractivity contribution in [3.8, 4) is 0 Å². The van der Waals surface area contributed by atoms with Crippen molar-refractivity contribution in [3.63, 3.8) is 0 Å². The number of nitrogens with one attached hydrogen (secondary N) is 1. The van der Waals surface area contributed by atoms with E-state index in [1.807, 2.05) is 11.3 Å². The van der Waals surface area contributed by atoms with Gasteiger partial charge in [-0.15, -0.1) is 23.7 Å². The summed E-state index contributed by atoms with van der Waals surface area (Å²) in [4.78, 5) is 2.81. The average Bonchev–Trinajstić information content (AvgIpc) is 2.72. The third-order valence-corrected chi connectivity index (χ3v) is 3.53. The zero-order valence-electron chi connectivity index (χ0n) is 9.98. The molecular formula is C14H18ClNS. The maximum Gasteiger partial charge on any atom is 0.0299 e. The first-order valence-electron chi connectivity index (χ1n) is 5.64. The molecule has 0 amide bonds. The van der Waals surface area contributed by atoms with Crippen molar-refractivity contribution < 1.29 is 0 Å². The van der Waals surface area contributed by atoms with Crippen LogP contribution < -0.4 is 5.32 Å². The van der Waals surface area contributed by atoms with E-state index >= 15 is 0 Å². The van der Waals surface area contributed by atoms with Crippen LogP contribution in [0.2, 0.25) is 0 Å². The molecule has 0 spiro atoms. The fraction of sp³-hybridized carbons (Fsp3) is 0.286. The summed E-state index contributed by atoms with van der Waals surface area (Å²) in [5.74, 6) is 0. The summed E-state index contributed by atoms with van der Waals surface area (Å²) < 4.78 is 0. The van der Waals surface area contributed by atoms with Crippen LogP contribution in [0.4, 0.5) is 0 Å². The Morgan fingerprint density at radius 2 is 1.82 bits per heavy atom. The van der Waals surface area contributed by atoms with Gasteiger partial charge in [0.05, 0.1) is 0 Å². The molecule has 1 heterocycles. The number of rotatable bonds is 5. The first-order valence-corrected chi connectivity index (χ1v) is 6.46. The summed E-state index contributed by atoms with van der Waals surface area (Å²) in [7, 11) is 0. The van der Waals surface area contributed by atoms with Gasteiger partial charge in [0.25, 0.3) is 0 Å². The maximum absolute atomic E-state index is 3.47. The highest BCUT2D eigenvalue weighted by Crippen LogP contribution is 2.14. The lowest BCUT2D eigenvalue weighted by molar-refractivity contribution is 0.693. The van der Waals surface area contributed by atoms with Crippen molar-refractivity contribution in [2.24, 2.45) is 0 Å². The van der Waals surface area contributed by atoms with Gasteiger partial charge in [-0.3, -0.25) is 0 Å². The van der Waals surface area contributed by atoms with Gasteiger partial charge in [0, 0.05) is 16.3 Å². The molecular weight excluding hydrogens is 250 g/mol. The summed E-state index contributed by atoms with van der Waals surface area (Å²) in [6, 6.07) is 15.0. The molecule has 0 unspecified atom stereocenters. The van der Waals surface area contributed by atoms with Crippen LogP contribution in [0.1, 0.15) is 15.3 Å². The van der Waals surface area contributed by atoms with E-state index in [4.69, 9.17) is 0 Å². The lowest BCUT2D eigenvalue weighted by Crippen LogP contribution is -2.15. The summed E-state index contributed by atoms with van der Waals surface area (Å²) in [6.07, 6.45) is 1.10. The molecule has 0 saturated carbocycles. The molecule has 0 radical (unpaired) electrons. The van der Waals surface area contributed by atoms with E-state index in [1.54, 1.807) is 0 Å². The Bertz CT molecular complexity index is 425. The molecule has 1 aromatic heterocycles. The number of hydrogen-bond donors (Lipinski definition) is 1. The van der Waals surface area contributed by atoms with Gasteiger partial charge in [-0.25, -0.2) is 0 Å². The fourth-order valence-corrected chi connectivity index (χ4v) is 2.53. The van der Waals surface area contributed by atoms with Crippen molar-refractivity contribution in [3.05, 3.63) is 57.8 Å². The van der Waals surface area contributed by atoms with Crippen LogP contribution in [0.15, 0.2) is 42.5 Å². The van der Waals surface area contributed by atoms with Gasteiger partial charge in [-0.05, 0) is 37.6 Å². The van der Waals surface area contributed by atoms with Crippen molar-refractivity contribution in [1.29, 1.82) is 0 Å². The molecule has 0 aliphatic rings. The van der Waals surface area contributed by atoms with Gasteiger partial charge in [-0.1, -0.05) is 30.3 Å². The predicted molar refractivity (Wildman–Crippen MR) is 78.2 cm³/mol. The van der Waals surface area contributed by atoms with Crippen LogP contribution in [0, 0.1) is 6.92 Å². The zero-order chi connectivity index (χ0) is 11.2. The number of benzene rings is 1. The fourth-order valence-electron chi connectivity index (χ4n) is 1.67.